The molecule has 1 aliphatic heterocycles. The molecule has 3 N–H and O–H groups in total. The van der Waals surface area contributed by atoms with Gasteiger partial charge >= 0.3 is 6.03 Å². The second kappa shape index (κ2) is 6.26. The first-order chi connectivity index (χ1) is 9.49. The quantitative estimate of drug-likeness (QED) is 0.885. The van der Waals surface area contributed by atoms with Gasteiger partial charge in [0.1, 0.15) is 6.04 Å². The lowest BCUT2D eigenvalue weighted by molar-refractivity contribution is -0.133. The van der Waals surface area contributed by atoms with Crippen molar-refractivity contribution in [3.63, 3.8) is 0 Å². The van der Waals surface area contributed by atoms with Crippen molar-refractivity contribution < 1.29 is 9.59 Å². The molecule has 1 aromatic carbocycles. The van der Waals surface area contributed by atoms with Gasteiger partial charge in [0.25, 0.3) is 0 Å². The van der Waals surface area contributed by atoms with E-state index >= 15 is 0 Å². The highest BCUT2D eigenvalue weighted by molar-refractivity contribution is 9.10. The molecule has 0 spiro atoms. The lowest BCUT2D eigenvalue weighted by Gasteiger charge is -2.28. The van der Waals surface area contributed by atoms with E-state index in [1.165, 1.54) is 0 Å². The smallest absolute Gasteiger partial charge is 0.312 e. The van der Waals surface area contributed by atoms with E-state index in [4.69, 9.17) is 5.73 Å². The van der Waals surface area contributed by atoms with E-state index < -0.39 is 12.1 Å². The lowest BCUT2D eigenvalue weighted by atomic mass is 10.0. The van der Waals surface area contributed by atoms with E-state index in [0.717, 1.165) is 22.9 Å². The van der Waals surface area contributed by atoms with E-state index in [0.29, 0.717) is 6.54 Å². The van der Waals surface area contributed by atoms with Gasteiger partial charge in [-0.2, -0.15) is 0 Å². The Morgan fingerprint density at radius 2 is 2.25 bits per heavy atom. The summed E-state index contributed by atoms with van der Waals surface area (Å²) in [5.74, 6) is -0.0914. The van der Waals surface area contributed by atoms with Crippen molar-refractivity contribution >= 4 is 27.9 Å². The second-order valence-electron chi connectivity index (χ2n) is 4.97. The number of primary amides is 1. The van der Waals surface area contributed by atoms with Crippen LogP contribution in [0.25, 0.3) is 0 Å². The Labute approximate surface area is 126 Å². The minimum Gasteiger partial charge on any atom is -0.352 e. The average Bonchev–Trinajstić information content (AvgIpc) is 2.86. The van der Waals surface area contributed by atoms with E-state index in [-0.39, 0.29) is 11.9 Å². The molecule has 1 aliphatic rings. The molecule has 0 radical (unpaired) electrons. The molecule has 1 heterocycles. The summed E-state index contributed by atoms with van der Waals surface area (Å²) >= 11 is 3.45. The summed E-state index contributed by atoms with van der Waals surface area (Å²) in [6.45, 7) is 2.37. The van der Waals surface area contributed by atoms with E-state index in [1.54, 1.807) is 6.92 Å². The van der Waals surface area contributed by atoms with Crippen molar-refractivity contribution in [3.8, 4) is 0 Å². The van der Waals surface area contributed by atoms with Gasteiger partial charge in [0.05, 0.1) is 6.04 Å². The van der Waals surface area contributed by atoms with Gasteiger partial charge in [-0.1, -0.05) is 28.1 Å². The molecule has 0 aromatic heterocycles. The van der Waals surface area contributed by atoms with Gasteiger partial charge in [0, 0.05) is 11.0 Å². The number of halogens is 1. The standard InChI is InChI=1S/C14H18BrN3O2/c1-9(17-14(16)20)13(19)18-7-3-6-12(18)10-4-2-5-11(15)8-10/h2,4-5,8-9,12H,3,6-7H2,1H3,(H3,16,17,20)/t9-,12+/m1/s1. The summed E-state index contributed by atoms with van der Waals surface area (Å²) < 4.78 is 0.998. The van der Waals surface area contributed by atoms with Crippen molar-refractivity contribution in [2.24, 2.45) is 5.73 Å². The minimum atomic E-state index is -0.677. The Kier molecular flexibility index (Phi) is 4.65. The molecule has 2 rings (SSSR count). The molecule has 20 heavy (non-hydrogen) atoms. The second-order valence-corrected chi connectivity index (χ2v) is 5.89. The molecule has 0 bridgehead atoms. The summed E-state index contributed by atoms with van der Waals surface area (Å²) in [6, 6.07) is 6.77. The number of likely N-dealkylation sites (tertiary alicyclic amines) is 1. The fourth-order valence-electron chi connectivity index (χ4n) is 2.61. The largest absolute Gasteiger partial charge is 0.352 e. The molecule has 2 atom stereocenters. The number of nitrogens with zero attached hydrogens (tertiary/aromatic N) is 1. The number of benzene rings is 1. The van der Waals surface area contributed by atoms with Crippen molar-refractivity contribution in [2.75, 3.05) is 6.54 Å². The predicted octanol–water partition coefficient (Wildman–Crippen LogP) is 2.17. The number of amides is 3. The number of hydrogen-bond donors (Lipinski definition) is 2. The van der Waals surface area contributed by atoms with E-state index in [1.807, 2.05) is 29.2 Å². The van der Waals surface area contributed by atoms with Gasteiger partial charge < -0.3 is 16.0 Å². The Morgan fingerprint density at radius 3 is 2.90 bits per heavy atom. The summed E-state index contributed by atoms with van der Waals surface area (Å²) in [4.78, 5) is 25.1. The first kappa shape index (κ1) is 14.8. The molecule has 1 saturated heterocycles. The predicted molar refractivity (Wildman–Crippen MR) is 80.0 cm³/mol. The number of nitrogens with two attached hydrogens (primary N) is 1. The van der Waals surface area contributed by atoms with Crippen molar-refractivity contribution in [1.29, 1.82) is 0 Å². The number of carbonyl (C=O) groups excluding carboxylic acids is 2. The minimum absolute atomic E-state index is 0.0668. The number of nitrogens with one attached hydrogen (secondary N) is 1. The van der Waals surface area contributed by atoms with Crippen LogP contribution in [-0.2, 0) is 4.79 Å². The summed E-state index contributed by atoms with van der Waals surface area (Å²) in [6.07, 6.45) is 1.90. The van der Waals surface area contributed by atoms with E-state index in [2.05, 4.69) is 21.2 Å². The number of hydrogen-bond acceptors (Lipinski definition) is 2. The maximum atomic E-state index is 12.4. The summed E-state index contributed by atoms with van der Waals surface area (Å²) in [7, 11) is 0. The van der Waals surface area contributed by atoms with Crippen LogP contribution in [0.15, 0.2) is 28.7 Å². The van der Waals surface area contributed by atoms with Crippen LogP contribution in [0.2, 0.25) is 0 Å². The highest BCUT2D eigenvalue weighted by Crippen LogP contribution is 2.33. The zero-order valence-electron chi connectivity index (χ0n) is 11.3. The molecule has 108 valence electrons. The SMILES string of the molecule is C[C@@H](NC(N)=O)C(=O)N1CCC[C@H]1c1cccc(Br)c1. The van der Waals surface area contributed by atoms with Gasteiger partial charge in [-0.3, -0.25) is 4.79 Å². The molecule has 0 unspecified atom stereocenters. The Morgan fingerprint density at radius 1 is 1.50 bits per heavy atom. The Balaban J connectivity index is 2.15. The lowest BCUT2D eigenvalue weighted by Crippen LogP contribution is -2.48. The van der Waals surface area contributed by atoms with E-state index in [9.17, 15) is 9.59 Å². The third-order valence-electron chi connectivity index (χ3n) is 3.50. The molecule has 0 saturated carbocycles. The third-order valence-corrected chi connectivity index (χ3v) is 3.99. The zero-order valence-corrected chi connectivity index (χ0v) is 12.9. The van der Waals surface area contributed by atoms with Gasteiger partial charge in [-0.05, 0) is 37.5 Å². The highest BCUT2D eigenvalue weighted by Gasteiger charge is 2.32. The third kappa shape index (κ3) is 3.30. The summed E-state index contributed by atoms with van der Waals surface area (Å²) in [5.41, 5.74) is 6.18. The fourth-order valence-corrected chi connectivity index (χ4v) is 3.03. The van der Waals surface area contributed by atoms with Crippen molar-refractivity contribution in [1.82, 2.24) is 10.2 Å². The molecule has 0 aliphatic carbocycles. The monoisotopic (exact) mass is 339 g/mol. The zero-order chi connectivity index (χ0) is 14.7. The van der Waals surface area contributed by atoms with Gasteiger partial charge in [-0.15, -0.1) is 0 Å². The molecule has 6 heteroatoms. The first-order valence-electron chi connectivity index (χ1n) is 6.61. The van der Waals surface area contributed by atoms with Crippen LogP contribution < -0.4 is 11.1 Å². The Hall–Kier alpha value is -1.56. The van der Waals surface area contributed by atoms with Crippen LogP contribution in [0.1, 0.15) is 31.4 Å². The number of urea groups is 1. The highest BCUT2D eigenvalue weighted by atomic mass is 79.9. The van der Waals surface area contributed by atoms with Gasteiger partial charge in [0.2, 0.25) is 5.91 Å². The molecule has 1 aromatic rings. The topological polar surface area (TPSA) is 75.4 Å². The molecular formula is C14H18BrN3O2. The molecular weight excluding hydrogens is 322 g/mol. The molecule has 5 nitrogen and oxygen atoms in total. The first-order valence-corrected chi connectivity index (χ1v) is 7.40. The van der Waals surface area contributed by atoms with Crippen LogP contribution in [0, 0.1) is 0 Å². The maximum absolute atomic E-state index is 12.4. The van der Waals surface area contributed by atoms with Crippen LogP contribution in [-0.4, -0.2) is 29.4 Å². The van der Waals surface area contributed by atoms with Gasteiger partial charge in [0.15, 0.2) is 0 Å². The number of carbonyl (C=O) groups is 2. The van der Waals surface area contributed by atoms with Crippen LogP contribution >= 0.6 is 15.9 Å². The maximum Gasteiger partial charge on any atom is 0.312 e. The molecule has 3 amide bonds. The van der Waals surface area contributed by atoms with Crippen LogP contribution in [0.3, 0.4) is 0 Å². The van der Waals surface area contributed by atoms with Gasteiger partial charge in [-0.25, -0.2) is 4.79 Å². The normalized spacial score (nSPS) is 19.7. The average molecular weight is 340 g/mol. The van der Waals surface area contributed by atoms with Crippen molar-refractivity contribution in [3.05, 3.63) is 34.3 Å². The number of rotatable bonds is 3. The fraction of sp³-hybridized carbons (Fsp3) is 0.429. The molecule has 1 fully saturated rings. The Bertz CT molecular complexity index is 521. The summed E-state index contributed by atoms with van der Waals surface area (Å²) in [5, 5.41) is 2.44. The van der Waals surface area contributed by atoms with Crippen LogP contribution in [0.5, 0.6) is 0 Å². The van der Waals surface area contributed by atoms with Crippen LogP contribution in [0.4, 0.5) is 4.79 Å². The van der Waals surface area contributed by atoms with Crippen molar-refractivity contribution in [2.45, 2.75) is 31.8 Å².